The van der Waals surface area contributed by atoms with Gasteiger partial charge in [0.2, 0.25) is 0 Å². The first kappa shape index (κ1) is 12.3. The van der Waals surface area contributed by atoms with Crippen LogP contribution in [0.2, 0.25) is 0 Å². The van der Waals surface area contributed by atoms with E-state index in [0.717, 1.165) is 17.8 Å². The Labute approximate surface area is 102 Å². The average Bonchev–Trinajstić information content (AvgIpc) is 2.37. The number of rotatable bonds is 3. The van der Waals surface area contributed by atoms with Crippen LogP contribution in [-0.4, -0.2) is 9.97 Å². The van der Waals surface area contributed by atoms with E-state index >= 15 is 0 Å². The molecule has 2 heterocycles. The number of nitrogens with one attached hydrogen (secondary N) is 1. The minimum absolute atomic E-state index is 0.403. The number of anilines is 1. The highest BCUT2D eigenvalue weighted by Gasteiger charge is 2.30. The number of nitrogens with zero attached hydrogens (tertiary/aromatic N) is 2. The van der Waals surface area contributed by atoms with Crippen molar-refractivity contribution in [3.63, 3.8) is 0 Å². The third-order valence-electron chi connectivity index (χ3n) is 2.31. The van der Waals surface area contributed by atoms with Gasteiger partial charge < -0.3 is 5.32 Å². The normalized spacial score (nSPS) is 11.3. The predicted molar refractivity (Wildman–Crippen MR) is 60.8 cm³/mol. The standard InChI is InChI=1S/C12H10F3N3/c13-12(14,15)10-1-2-11(18-8-10)17-7-9-3-5-16-6-4-9/h1-6,8H,7H2,(H,17,18). The smallest absolute Gasteiger partial charge is 0.366 e. The summed E-state index contributed by atoms with van der Waals surface area (Å²) in [4.78, 5) is 7.58. The van der Waals surface area contributed by atoms with Crippen LogP contribution in [0.15, 0.2) is 42.9 Å². The molecule has 0 aliphatic heterocycles. The van der Waals surface area contributed by atoms with Crippen LogP contribution in [0, 0.1) is 0 Å². The molecule has 0 unspecified atom stereocenters. The Morgan fingerprint density at radius 2 is 1.78 bits per heavy atom. The molecule has 1 N–H and O–H groups in total. The predicted octanol–water partition coefficient (Wildman–Crippen LogP) is 3.11. The van der Waals surface area contributed by atoms with Crippen LogP contribution in [0.3, 0.4) is 0 Å². The largest absolute Gasteiger partial charge is 0.417 e. The number of hydrogen-bond acceptors (Lipinski definition) is 3. The quantitative estimate of drug-likeness (QED) is 0.913. The van der Waals surface area contributed by atoms with Crippen molar-refractivity contribution in [1.82, 2.24) is 9.97 Å². The SMILES string of the molecule is FC(F)(F)c1ccc(NCc2ccncc2)nc1. The topological polar surface area (TPSA) is 37.8 Å². The van der Waals surface area contributed by atoms with E-state index in [1.165, 1.54) is 6.07 Å². The molecule has 0 fully saturated rings. The molecule has 2 aromatic rings. The average molecular weight is 253 g/mol. The lowest BCUT2D eigenvalue weighted by atomic mass is 10.2. The lowest BCUT2D eigenvalue weighted by molar-refractivity contribution is -0.137. The maximum atomic E-state index is 12.3. The Morgan fingerprint density at radius 3 is 2.33 bits per heavy atom. The summed E-state index contributed by atoms with van der Waals surface area (Å²) in [5.41, 5.74) is 0.226. The molecule has 0 aliphatic rings. The summed E-state index contributed by atoms with van der Waals surface area (Å²) in [5, 5.41) is 2.93. The van der Waals surface area contributed by atoms with E-state index < -0.39 is 11.7 Å². The molecule has 0 saturated heterocycles. The molecule has 6 heteroatoms. The van der Waals surface area contributed by atoms with Crippen molar-refractivity contribution >= 4 is 5.82 Å². The van der Waals surface area contributed by atoms with Gasteiger partial charge in [0.15, 0.2) is 0 Å². The highest BCUT2D eigenvalue weighted by Crippen LogP contribution is 2.28. The third kappa shape index (κ3) is 3.19. The second-order valence-electron chi connectivity index (χ2n) is 3.64. The highest BCUT2D eigenvalue weighted by atomic mass is 19.4. The summed E-state index contributed by atoms with van der Waals surface area (Å²) in [6.07, 6.45) is -0.236. The maximum absolute atomic E-state index is 12.3. The first-order valence-corrected chi connectivity index (χ1v) is 5.22. The summed E-state index contributed by atoms with van der Waals surface area (Å²) in [7, 11) is 0. The van der Waals surface area contributed by atoms with E-state index in [1.54, 1.807) is 12.4 Å². The first-order chi connectivity index (χ1) is 8.55. The Bertz CT molecular complexity index is 494. The monoisotopic (exact) mass is 253 g/mol. The van der Waals surface area contributed by atoms with E-state index in [2.05, 4.69) is 15.3 Å². The zero-order valence-electron chi connectivity index (χ0n) is 9.28. The van der Waals surface area contributed by atoms with Gasteiger partial charge in [0.1, 0.15) is 5.82 Å². The third-order valence-corrected chi connectivity index (χ3v) is 2.31. The molecule has 0 aromatic carbocycles. The lowest BCUT2D eigenvalue weighted by Gasteiger charge is -2.08. The Kier molecular flexibility index (Phi) is 3.45. The number of aromatic nitrogens is 2. The van der Waals surface area contributed by atoms with Crippen molar-refractivity contribution < 1.29 is 13.2 Å². The van der Waals surface area contributed by atoms with E-state index in [9.17, 15) is 13.2 Å². The van der Waals surface area contributed by atoms with Gasteiger partial charge in [-0.05, 0) is 29.8 Å². The summed E-state index contributed by atoms with van der Waals surface area (Å²) >= 11 is 0. The maximum Gasteiger partial charge on any atom is 0.417 e. The molecule has 0 aliphatic carbocycles. The first-order valence-electron chi connectivity index (χ1n) is 5.22. The molecule has 94 valence electrons. The van der Waals surface area contributed by atoms with Gasteiger partial charge in [-0.1, -0.05) is 0 Å². The Balaban J connectivity index is 1.99. The van der Waals surface area contributed by atoms with Gasteiger partial charge >= 0.3 is 6.18 Å². The van der Waals surface area contributed by atoms with E-state index in [-0.39, 0.29) is 0 Å². The van der Waals surface area contributed by atoms with Gasteiger partial charge in [0.25, 0.3) is 0 Å². The molecular weight excluding hydrogens is 243 g/mol. The molecule has 0 radical (unpaired) electrons. The van der Waals surface area contributed by atoms with Crippen molar-refractivity contribution in [2.24, 2.45) is 0 Å². The molecule has 0 saturated carbocycles. The zero-order valence-corrected chi connectivity index (χ0v) is 9.28. The van der Waals surface area contributed by atoms with Gasteiger partial charge in [-0.2, -0.15) is 13.2 Å². The molecular formula is C12H10F3N3. The van der Waals surface area contributed by atoms with Crippen LogP contribution in [0.1, 0.15) is 11.1 Å². The highest BCUT2D eigenvalue weighted by molar-refractivity contribution is 5.37. The van der Waals surface area contributed by atoms with E-state index in [1.807, 2.05) is 12.1 Å². The molecule has 3 nitrogen and oxygen atoms in total. The Morgan fingerprint density at radius 1 is 1.06 bits per heavy atom. The molecule has 18 heavy (non-hydrogen) atoms. The van der Waals surface area contributed by atoms with Crippen LogP contribution in [0.25, 0.3) is 0 Å². The molecule has 0 spiro atoms. The number of alkyl halides is 3. The van der Waals surface area contributed by atoms with Crippen molar-refractivity contribution in [3.8, 4) is 0 Å². The molecule has 0 atom stereocenters. The van der Waals surface area contributed by atoms with Crippen LogP contribution in [0.5, 0.6) is 0 Å². The van der Waals surface area contributed by atoms with Gasteiger partial charge in [-0.15, -0.1) is 0 Å². The van der Waals surface area contributed by atoms with Crippen molar-refractivity contribution in [1.29, 1.82) is 0 Å². The second-order valence-corrected chi connectivity index (χ2v) is 3.64. The van der Waals surface area contributed by atoms with Crippen LogP contribution >= 0.6 is 0 Å². The summed E-state index contributed by atoms with van der Waals surface area (Å²) < 4.78 is 36.9. The number of hydrogen-bond donors (Lipinski definition) is 1. The molecule has 0 amide bonds. The van der Waals surface area contributed by atoms with Crippen LogP contribution in [0.4, 0.5) is 19.0 Å². The fraction of sp³-hybridized carbons (Fsp3) is 0.167. The zero-order chi connectivity index (χ0) is 13.0. The van der Waals surface area contributed by atoms with E-state index in [4.69, 9.17) is 0 Å². The second kappa shape index (κ2) is 5.03. The van der Waals surface area contributed by atoms with Crippen molar-refractivity contribution in [2.45, 2.75) is 12.7 Å². The Hall–Kier alpha value is -2.11. The molecule has 2 aromatic heterocycles. The molecule has 0 bridgehead atoms. The molecule has 2 rings (SSSR count). The minimum Gasteiger partial charge on any atom is -0.366 e. The van der Waals surface area contributed by atoms with Crippen molar-refractivity contribution in [3.05, 3.63) is 54.0 Å². The fourth-order valence-corrected chi connectivity index (χ4v) is 1.36. The van der Waals surface area contributed by atoms with E-state index in [0.29, 0.717) is 12.4 Å². The fourth-order valence-electron chi connectivity index (χ4n) is 1.36. The summed E-state index contributed by atoms with van der Waals surface area (Å²) in [6.45, 7) is 0.487. The van der Waals surface area contributed by atoms with Gasteiger partial charge in [0.05, 0.1) is 5.56 Å². The van der Waals surface area contributed by atoms with Gasteiger partial charge in [-0.3, -0.25) is 4.98 Å². The van der Waals surface area contributed by atoms with Gasteiger partial charge in [-0.25, -0.2) is 4.98 Å². The lowest BCUT2D eigenvalue weighted by Crippen LogP contribution is -2.07. The van der Waals surface area contributed by atoms with Gasteiger partial charge in [0, 0.05) is 25.1 Å². The minimum atomic E-state index is -4.35. The number of pyridine rings is 2. The van der Waals surface area contributed by atoms with Crippen LogP contribution in [-0.2, 0) is 12.7 Å². The van der Waals surface area contributed by atoms with Crippen LogP contribution < -0.4 is 5.32 Å². The summed E-state index contributed by atoms with van der Waals surface area (Å²) in [6, 6.07) is 5.94. The summed E-state index contributed by atoms with van der Waals surface area (Å²) in [5.74, 6) is 0.403. The van der Waals surface area contributed by atoms with Crippen molar-refractivity contribution in [2.75, 3.05) is 5.32 Å². The number of halogens is 3.